The van der Waals surface area contributed by atoms with Crippen molar-refractivity contribution >= 4 is 40.5 Å². The molecule has 0 spiro atoms. The number of nitrogens with one attached hydrogen (secondary N) is 1. The third-order valence-electron chi connectivity index (χ3n) is 3.54. The van der Waals surface area contributed by atoms with Gasteiger partial charge in [-0.3, -0.25) is 14.9 Å². The summed E-state index contributed by atoms with van der Waals surface area (Å²) in [6.07, 6.45) is -1.20. The number of carbonyl (C=O) groups is 2. The van der Waals surface area contributed by atoms with E-state index in [4.69, 9.17) is 26.8 Å². The number of carbonyl (C=O) groups excluding carboxylic acids is 2. The maximum atomic E-state index is 12.3. The molecule has 27 heavy (non-hydrogen) atoms. The molecule has 0 radical (unpaired) electrons. The molecule has 2 aromatic rings. The number of anilines is 2. The van der Waals surface area contributed by atoms with E-state index in [2.05, 4.69) is 5.32 Å². The summed E-state index contributed by atoms with van der Waals surface area (Å²) in [4.78, 5) is 34.8. The number of esters is 1. The van der Waals surface area contributed by atoms with Crippen LogP contribution in [-0.4, -0.2) is 30.0 Å². The van der Waals surface area contributed by atoms with Crippen LogP contribution in [0.25, 0.3) is 0 Å². The SMILES string of the molecule is COc1ccc([N+](=O)[O-])cc1NC(=O)C(C)OC(=O)c1ccc(Cl)cc1N. The normalized spacial score (nSPS) is 11.4. The van der Waals surface area contributed by atoms with Crippen LogP contribution < -0.4 is 15.8 Å². The number of amides is 1. The predicted molar refractivity (Wildman–Crippen MR) is 99.0 cm³/mol. The van der Waals surface area contributed by atoms with Crippen LogP contribution in [0, 0.1) is 10.1 Å². The zero-order valence-corrected chi connectivity index (χ0v) is 15.1. The Kier molecular flexibility index (Phi) is 6.19. The van der Waals surface area contributed by atoms with Gasteiger partial charge in [0.1, 0.15) is 5.75 Å². The van der Waals surface area contributed by atoms with Gasteiger partial charge in [-0.25, -0.2) is 4.79 Å². The minimum atomic E-state index is -1.20. The molecule has 0 bridgehead atoms. The summed E-state index contributed by atoms with van der Waals surface area (Å²) in [7, 11) is 1.35. The summed E-state index contributed by atoms with van der Waals surface area (Å²) >= 11 is 5.78. The smallest absolute Gasteiger partial charge is 0.341 e. The second kappa shape index (κ2) is 8.37. The first kappa shape index (κ1) is 20.0. The summed E-state index contributed by atoms with van der Waals surface area (Å²) in [5, 5.41) is 13.7. The average molecular weight is 394 g/mol. The summed E-state index contributed by atoms with van der Waals surface area (Å²) in [6, 6.07) is 7.96. The Balaban J connectivity index is 2.12. The molecular weight excluding hydrogens is 378 g/mol. The van der Waals surface area contributed by atoms with Gasteiger partial charge in [-0.1, -0.05) is 11.6 Å². The zero-order chi connectivity index (χ0) is 20.1. The fourth-order valence-electron chi connectivity index (χ4n) is 2.14. The Morgan fingerprint density at radius 1 is 1.26 bits per heavy atom. The lowest BCUT2D eigenvalue weighted by Crippen LogP contribution is -2.30. The van der Waals surface area contributed by atoms with Crippen LogP contribution in [0.2, 0.25) is 5.02 Å². The Labute approximate surface area is 159 Å². The second-order valence-corrected chi connectivity index (χ2v) is 5.85. The summed E-state index contributed by atoms with van der Waals surface area (Å²) < 4.78 is 10.2. The number of benzene rings is 2. The van der Waals surface area contributed by atoms with E-state index in [0.717, 1.165) is 6.07 Å². The molecule has 0 saturated heterocycles. The van der Waals surface area contributed by atoms with Crippen LogP contribution in [0.4, 0.5) is 17.1 Å². The van der Waals surface area contributed by atoms with Crippen molar-refractivity contribution < 1.29 is 24.0 Å². The van der Waals surface area contributed by atoms with Gasteiger partial charge in [0.25, 0.3) is 11.6 Å². The van der Waals surface area contributed by atoms with Crippen molar-refractivity contribution in [3.8, 4) is 5.75 Å². The van der Waals surface area contributed by atoms with Crippen molar-refractivity contribution in [1.29, 1.82) is 0 Å². The molecular formula is C17H16ClN3O6. The van der Waals surface area contributed by atoms with E-state index in [0.29, 0.717) is 5.02 Å². The molecule has 1 atom stereocenters. The number of hydrogen-bond acceptors (Lipinski definition) is 7. The summed E-state index contributed by atoms with van der Waals surface area (Å²) in [5.74, 6) is -1.29. The molecule has 2 aromatic carbocycles. The van der Waals surface area contributed by atoms with Gasteiger partial charge >= 0.3 is 5.97 Å². The van der Waals surface area contributed by atoms with E-state index < -0.39 is 22.9 Å². The van der Waals surface area contributed by atoms with Gasteiger partial charge in [-0.05, 0) is 31.2 Å². The number of nitrogens with two attached hydrogens (primary N) is 1. The molecule has 0 aliphatic heterocycles. The lowest BCUT2D eigenvalue weighted by atomic mass is 10.2. The standard InChI is InChI=1S/C17H16ClN3O6/c1-9(27-17(23)12-5-3-10(18)7-13(12)19)16(22)20-14-8-11(21(24)25)4-6-15(14)26-2/h3-9H,19H2,1-2H3,(H,20,22). The van der Waals surface area contributed by atoms with E-state index in [-0.39, 0.29) is 28.4 Å². The van der Waals surface area contributed by atoms with Crippen molar-refractivity contribution in [2.24, 2.45) is 0 Å². The number of nitro benzene ring substituents is 1. The highest BCUT2D eigenvalue weighted by Gasteiger charge is 2.22. The van der Waals surface area contributed by atoms with Gasteiger partial charge in [0.2, 0.25) is 0 Å². The van der Waals surface area contributed by atoms with Gasteiger partial charge in [0.05, 0.1) is 23.3 Å². The topological polar surface area (TPSA) is 134 Å². The molecule has 1 unspecified atom stereocenters. The largest absolute Gasteiger partial charge is 0.495 e. The fraction of sp³-hybridized carbons (Fsp3) is 0.176. The predicted octanol–water partition coefficient (Wildman–Crippen LogP) is 3.02. The molecule has 2 rings (SSSR count). The molecule has 0 fully saturated rings. The number of nitro groups is 1. The number of nitrogens with zero attached hydrogens (tertiary/aromatic N) is 1. The van der Waals surface area contributed by atoms with Gasteiger partial charge in [-0.2, -0.15) is 0 Å². The molecule has 9 nitrogen and oxygen atoms in total. The molecule has 1 amide bonds. The summed E-state index contributed by atoms with van der Waals surface area (Å²) in [5.41, 5.74) is 5.73. The van der Waals surface area contributed by atoms with Gasteiger partial charge in [-0.15, -0.1) is 0 Å². The molecule has 3 N–H and O–H groups in total. The van der Waals surface area contributed by atoms with E-state index >= 15 is 0 Å². The molecule has 0 saturated carbocycles. The average Bonchev–Trinajstić information content (AvgIpc) is 2.61. The minimum Gasteiger partial charge on any atom is -0.495 e. The highest BCUT2D eigenvalue weighted by molar-refractivity contribution is 6.31. The first-order valence-electron chi connectivity index (χ1n) is 7.62. The number of halogens is 1. The number of methoxy groups -OCH3 is 1. The molecule has 10 heteroatoms. The Morgan fingerprint density at radius 3 is 2.56 bits per heavy atom. The molecule has 0 aliphatic carbocycles. The zero-order valence-electron chi connectivity index (χ0n) is 14.4. The maximum Gasteiger partial charge on any atom is 0.341 e. The second-order valence-electron chi connectivity index (χ2n) is 5.41. The van der Waals surface area contributed by atoms with Gasteiger partial charge in [0.15, 0.2) is 6.10 Å². The Bertz CT molecular complexity index is 902. The van der Waals surface area contributed by atoms with E-state index in [9.17, 15) is 19.7 Å². The van der Waals surface area contributed by atoms with Crippen LogP contribution in [0.1, 0.15) is 17.3 Å². The number of hydrogen-bond donors (Lipinski definition) is 2. The molecule has 142 valence electrons. The van der Waals surface area contributed by atoms with Crippen molar-refractivity contribution in [2.45, 2.75) is 13.0 Å². The fourth-order valence-corrected chi connectivity index (χ4v) is 2.32. The third-order valence-corrected chi connectivity index (χ3v) is 3.77. The van der Waals surface area contributed by atoms with Crippen LogP contribution >= 0.6 is 11.6 Å². The van der Waals surface area contributed by atoms with E-state index in [1.807, 2.05) is 0 Å². The van der Waals surface area contributed by atoms with Gasteiger partial charge in [0, 0.05) is 22.8 Å². The summed E-state index contributed by atoms with van der Waals surface area (Å²) in [6.45, 7) is 1.35. The molecule has 0 aliphatic rings. The van der Waals surface area contributed by atoms with Crippen molar-refractivity contribution in [3.05, 3.63) is 57.1 Å². The lowest BCUT2D eigenvalue weighted by Gasteiger charge is -2.15. The van der Waals surface area contributed by atoms with E-state index in [1.165, 1.54) is 44.4 Å². The quantitative estimate of drug-likeness (QED) is 0.333. The van der Waals surface area contributed by atoms with E-state index in [1.54, 1.807) is 0 Å². The minimum absolute atomic E-state index is 0.0620. The van der Waals surface area contributed by atoms with Crippen LogP contribution in [0.5, 0.6) is 5.75 Å². The number of non-ortho nitro benzene ring substituents is 1. The lowest BCUT2D eigenvalue weighted by molar-refractivity contribution is -0.384. The van der Waals surface area contributed by atoms with Crippen molar-refractivity contribution in [3.63, 3.8) is 0 Å². The van der Waals surface area contributed by atoms with Crippen LogP contribution in [0.15, 0.2) is 36.4 Å². The van der Waals surface area contributed by atoms with Crippen LogP contribution in [0.3, 0.4) is 0 Å². The third kappa shape index (κ3) is 4.85. The highest BCUT2D eigenvalue weighted by atomic mass is 35.5. The molecule has 0 aromatic heterocycles. The van der Waals surface area contributed by atoms with Gasteiger partial charge < -0.3 is 20.5 Å². The van der Waals surface area contributed by atoms with Crippen molar-refractivity contribution in [1.82, 2.24) is 0 Å². The first-order valence-corrected chi connectivity index (χ1v) is 8.00. The molecule has 0 heterocycles. The number of nitrogen functional groups attached to an aromatic ring is 1. The maximum absolute atomic E-state index is 12.3. The number of ether oxygens (including phenoxy) is 2. The Morgan fingerprint density at radius 2 is 1.96 bits per heavy atom. The number of rotatable bonds is 6. The van der Waals surface area contributed by atoms with Crippen LogP contribution in [-0.2, 0) is 9.53 Å². The Hall–Kier alpha value is -3.33. The monoisotopic (exact) mass is 393 g/mol. The van der Waals surface area contributed by atoms with Crippen molar-refractivity contribution in [2.75, 3.05) is 18.2 Å². The first-order chi connectivity index (χ1) is 12.7. The highest BCUT2D eigenvalue weighted by Crippen LogP contribution is 2.29.